The van der Waals surface area contributed by atoms with E-state index in [1.54, 1.807) is 6.08 Å². The molecule has 59 heavy (non-hydrogen) atoms. The molecule has 0 radical (unpaired) electrons. The Bertz CT molecular complexity index is 1110. The second-order valence-electron chi connectivity index (χ2n) is 16.5. The first kappa shape index (κ1) is 56.3. The first-order valence-corrected chi connectivity index (χ1v) is 24.7. The zero-order valence-corrected chi connectivity index (χ0v) is 38.6. The van der Waals surface area contributed by atoms with Gasteiger partial charge in [-0.15, -0.1) is 0 Å². The third kappa shape index (κ3) is 41.8. The van der Waals surface area contributed by atoms with Crippen LogP contribution in [0, 0.1) is 0 Å². The molecule has 1 amide bonds. The van der Waals surface area contributed by atoms with Crippen molar-refractivity contribution in [2.24, 2.45) is 0 Å². The smallest absolute Gasteiger partial charge is 0.306 e. The maximum atomic E-state index is 13.1. The van der Waals surface area contributed by atoms with Crippen LogP contribution in [0.15, 0.2) is 72.9 Å². The minimum Gasteiger partial charge on any atom is -0.458 e. The van der Waals surface area contributed by atoms with Crippen molar-refractivity contribution in [1.82, 2.24) is 5.32 Å². The number of aliphatic hydroxyl groups excluding tert-OH is 2. The summed E-state index contributed by atoms with van der Waals surface area (Å²) in [6, 6.07) is -0.742. The SMILES string of the molecule is CC/C=C\C/C=C\C/C=C\C/C=C\C/C=C\C/C=C\C(CC(=O)NC(CO)C(O)CCCCCCCCCCCC)OC(=O)CCCCCCCCCCCCCCC. The Kier molecular flexibility index (Phi) is 44.2. The van der Waals surface area contributed by atoms with Crippen molar-refractivity contribution in [3.05, 3.63) is 72.9 Å². The predicted molar refractivity (Wildman–Crippen MR) is 255 cm³/mol. The van der Waals surface area contributed by atoms with Gasteiger partial charge in [0, 0.05) is 6.42 Å². The van der Waals surface area contributed by atoms with Crippen LogP contribution in [0.4, 0.5) is 0 Å². The molecule has 6 nitrogen and oxygen atoms in total. The fourth-order valence-corrected chi connectivity index (χ4v) is 7.07. The molecule has 0 spiro atoms. The molecule has 0 aromatic carbocycles. The second-order valence-corrected chi connectivity index (χ2v) is 16.5. The van der Waals surface area contributed by atoms with Crippen molar-refractivity contribution < 1.29 is 24.5 Å². The molecule has 0 aromatic rings. The number of carbonyl (C=O) groups is 2. The van der Waals surface area contributed by atoms with Gasteiger partial charge in [-0.05, 0) is 57.4 Å². The molecule has 0 bridgehead atoms. The minimum absolute atomic E-state index is 0.0476. The van der Waals surface area contributed by atoms with E-state index in [2.05, 4.69) is 86.8 Å². The molecule has 0 saturated carbocycles. The van der Waals surface area contributed by atoms with E-state index in [4.69, 9.17) is 4.74 Å². The van der Waals surface area contributed by atoms with Gasteiger partial charge in [-0.25, -0.2) is 0 Å². The van der Waals surface area contributed by atoms with E-state index in [0.717, 1.165) is 70.6 Å². The van der Waals surface area contributed by atoms with Crippen molar-refractivity contribution in [1.29, 1.82) is 0 Å². The number of rotatable bonds is 43. The number of esters is 1. The van der Waals surface area contributed by atoms with E-state index in [1.165, 1.54) is 109 Å². The lowest BCUT2D eigenvalue weighted by molar-refractivity contribution is -0.148. The lowest BCUT2D eigenvalue weighted by Gasteiger charge is -2.23. The number of allylic oxidation sites excluding steroid dienone is 11. The molecule has 0 rings (SSSR count). The number of ether oxygens (including phenoxy) is 1. The van der Waals surface area contributed by atoms with Gasteiger partial charge in [0.15, 0.2) is 0 Å². The number of unbranched alkanes of at least 4 members (excludes halogenated alkanes) is 21. The van der Waals surface area contributed by atoms with Gasteiger partial charge in [0.05, 0.1) is 25.2 Å². The van der Waals surface area contributed by atoms with Crippen LogP contribution in [0.1, 0.15) is 226 Å². The Morgan fingerprint density at radius 1 is 0.508 bits per heavy atom. The summed E-state index contributed by atoms with van der Waals surface area (Å²) in [6.07, 6.45) is 58.5. The Morgan fingerprint density at radius 2 is 0.881 bits per heavy atom. The summed E-state index contributed by atoms with van der Waals surface area (Å²) >= 11 is 0. The molecule has 3 N–H and O–H groups in total. The van der Waals surface area contributed by atoms with Crippen LogP contribution in [0.5, 0.6) is 0 Å². The standard InChI is InChI=1S/C53H93NO5/c1-4-7-10-13-16-19-22-24-25-26-27-29-30-32-35-38-41-44-49(59-53(58)46-43-40-37-34-31-28-23-20-17-14-11-8-5-2)47-52(57)54-50(48-55)51(56)45-42-39-36-33-21-18-15-12-9-6-3/h7,10,16,19,24-25,27,29,32,35,41,44,49-51,55-56H,4-6,8-9,11-15,17-18,20-23,26,28,30-31,33-34,36-40,42-43,45-48H2,1-3H3,(H,54,57)/b10-7-,19-16-,25-24-,29-27-,35-32-,44-41-. The summed E-state index contributed by atoms with van der Waals surface area (Å²) in [5.41, 5.74) is 0. The Labute approximate surface area is 364 Å². The number of hydrogen-bond acceptors (Lipinski definition) is 5. The Balaban J connectivity index is 4.79. The van der Waals surface area contributed by atoms with E-state index in [9.17, 15) is 19.8 Å². The third-order valence-corrected chi connectivity index (χ3v) is 10.8. The topological polar surface area (TPSA) is 95.9 Å². The summed E-state index contributed by atoms with van der Waals surface area (Å²) in [6.45, 7) is 6.31. The lowest BCUT2D eigenvalue weighted by Crippen LogP contribution is -2.46. The zero-order valence-electron chi connectivity index (χ0n) is 38.6. The molecule has 340 valence electrons. The van der Waals surface area contributed by atoms with E-state index in [1.807, 2.05) is 6.08 Å². The number of nitrogens with one attached hydrogen (secondary N) is 1. The molecule has 0 aliphatic carbocycles. The number of hydrogen-bond donors (Lipinski definition) is 3. The fourth-order valence-electron chi connectivity index (χ4n) is 7.07. The zero-order chi connectivity index (χ0) is 43.1. The maximum Gasteiger partial charge on any atom is 0.306 e. The second kappa shape index (κ2) is 46.4. The molecular weight excluding hydrogens is 731 g/mol. The summed E-state index contributed by atoms with van der Waals surface area (Å²) in [5, 5.41) is 23.6. The van der Waals surface area contributed by atoms with E-state index < -0.39 is 18.2 Å². The monoisotopic (exact) mass is 824 g/mol. The fraction of sp³-hybridized carbons (Fsp3) is 0.736. The van der Waals surface area contributed by atoms with Gasteiger partial charge in [0.1, 0.15) is 6.10 Å². The van der Waals surface area contributed by atoms with Crippen LogP contribution >= 0.6 is 0 Å². The van der Waals surface area contributed by atoms with Gasteiger partial charge in [0.2, 0.25) is 5.91 Å². The van der Waals surface area contributed by atoms with Gasteiger partial charge < -0.3 is 20.3 Å². The summed E-state index contributed by atoms with van der Waals surface area (Å²) in [4.78, 5) is 26.0. The highest BCUT2D eigenvalue weighted by atomic mass is 16.5. The summed E-state index contributed by atoms with van der Waals surface area (Å²) in [7, 11) is 0. The minimum atomic E-state index is -0.819. The van der Waals surface area contributed by atoms with Crippen LogP contribution in [0.2, 0.25) is 0 Å². The highest BCUT2D eigenvalue weighted by Gasteiger charge is 2.23. The van der Waals surface area contributed by atoms with E-state index in [-0.39, 0.29) is 24.9 Å². The first-order valence-electron chi connectivity index (χ1n) is 24.7. The van der Waals surface area contributed by atoms with Crippen molar-refractivity contribution in [2.45, 2.75) is 244 Å². The molecule has 0 aliphatic rings. The molecule has 3 unspecified atom stereocenters. The average Bonchev–Trinajstić information content (AvgIpc) is 3.23. The number of carbonyl (C=O) groups excluding carboxylic acids is 2. The highest BCUT2D eigenvalue weighted by molar-refractivity contribution is 5.78. The molecule has 0 heterocycles. The maximum absolute atomic E-state index is 13.1. The quantitative estimate of drug-likeness (QED) is 0.0323. The number of amides is 1. The Hall–Kier alpha value is -2.70. The number of aliphatic hydroxyl groups is 2. The third-order valence-electron chi connectivity index (χ3n) is 10.8. The molecule has 3 atom stereocenters. The van der Waals surface area contributed by atoms with Gasteiger partial charge in [-0.3, -0.25) is 9.59 Å². The van der Waals surface area contributed by atoms with Crippen molar-refractivity contribution in [2.75, 3.05) is 6.61 Å². The van der Waals surface area contributed by atoms with Crippen molar-refractivity contribution >= 4 is 11.9 Å². The molecular formula is C53H93NO5. The largest absolute Gasteiger partial charge is 0.458 e. The lowest BCUT2D eigenvalue weighted by atomic mass is 10.0. The van der Waals surface area contributed by atoms with Crippen molar-refractivity contribution in [3.63, 3.8) is 0 Å². The van der Waals surface area contributed by atoms with Gasteiger partial charge in [-0.1, -0.05) is 229 Å². The van der Waals surface area contributed by atoms with Gasteiger partial charge in [0.25, 0.3) is 0 Å². The van der Waals surface area contributed by atoms with E-state index >= 15 is 0 Å². The van der Waals surface area contributed by atoms with Crippen LogP contribution in [0.25, 0.3) is 0 Å². The molecule has 0 fully saturated rings. The normalized spacial score (nSPS) is 13.9. The Morgan fingerprint density at radius 3 is 1.29 bits per heavy atom. The van der Waals surface area contributed by atoms with Gasteiger partial charge in [-0.2, -0.15) is 0 Å². The summed E-state index contributed by atoms with van der Waals surface area (Å²) in [5.74, 6) is -0.630. The first-order chi connectivity index (χ1) is 29.0. The van der Waals surface area contributed by atoms with Crippen LogP contribution in [-0.4, -0.2) is 46.9 Å². The van der Waals surface area contributed by atoms with Crippen molar-refractivity contribution in [3.8, 4) is 0 Å². The van der Waals surface area contributed by atoms with Crippen LogP contribution in [-0.2, 0) is 14.3 Å². The van der Waals surface area contributed by atoms with Crippen LogP contribution in [0.3, 0.4) is 0 Å². The highest BCUT2D eigenvalue weighted by Crippen LogP contribution is 2.16. The summed E-state index contributed by atoms with van der Waals surface area (Å²) < 4.78 is 5.81. The average molecular weight is 824 g/mol. The van der Waals surface area contributed by atoms with Crippen LogP contribution < -0.4 is 5.32 Å². The molecule has 6 heteroatoms. The predicted octanol–water partition coefficient (Wildman–Crippen LogP) is 14.6. The van der Waals surface area contributed by atoms with E-state index in [0.29, 0.717) is 19.3 Å². The molecule has 0 aromatic heterocycles. The van der Waals surface area contributed by atoms with Gasteiger partial charge >= 0.3 is 5.97 Å². The molecule has 0 aliphatic heterocycles. The molecule has 0 saturated heterocycles.